The molecule has 5 heteroatoms. The van der Waals surface area contributed by atoms with Gasteiger partial charge in [0.05, 0.1) is 0 Å². The molecule has 2 aromatic rings. The Morgan fingerprint density at radius 3 is 2.82 bits per heavy atom. The summed E-state index contributed by atoms with van der Waals surface area (Å²) in [6.45, 7) is 2.00. The van der Waals surface area contributed by atoms with Gasteiger partial charge in [0.25, 0.3) is 5.91 Å². The molecule has 4 nitrogen and oxygen atoms in total. The molecule has 0 saturated heterocycles. The molecule has 0 spiro atoms. The smallest absolute Gasteiger partial charge is 0.271 e. The number of rotatable bonds is 6. The molecule has 1 N–H and O–H groups in total. The number of carbonyl (C=O) groups excluding carboxylic acids is 2. The van der Waals surface area contributed by atoms with Crippen LogP contribution in [0.2, 0.25) is 0 Å². The van der Waals surface area contributed by atoms with Crippen LogP contribution in [0.4, 0.5) is 0 Å². The lowest BCUT2D eigenvalue weighted by molar-refractivity contribution is -0.116. The van der Waals surface area contributed by atoms with E-state index in [0.717, 1.165) is 11.1 Å². The van der Waals surface area contributed by atoms with Crippen molar-refractivity contribution in [3.05, 3.63) is 51.5 Å². The number of hydrogen-bond donors (Lipinski definition) is 1. The van der Waals surface area contributed by atoms with E-state index in [2.05, 4.69) is 16.2 Å². The van der Waals surface area contributed by atoms with E-state index in [1.165, 1.54) is 11.3 Å². The average Bonchev–Trinajstić information content (AvgIpc) is 3.00. The first-order valence-corrected chi connectivity index (χ1v) is 7.74. The minimum absolute atomic E-state index is 0.173. The van der Waals surface area contributed by atoms with Gasteiger partial charge in [0, 0.05) is 18.3 Å². The van der Waals surface area contributed by atoms with Gasteiger partial charge >= 0.3 is 0 Å². The van der Waals surface area contributed by atoms with Crippen molar-refractivity contribution >= 4 is 23.0 Å². The van der Waals surface area contributed by atoms with Crippen LogP contribution in [0.3, 0.4) is 0 Å². The Balaban J connectivity index is 1.93. The number of terminal acetylenes is 1. The Hall–Kier alpha value is -2.45. The van der Waals surface area contributed by atoms with Gasteiger partial charge in [0.1, 0.15) is 11.5 Å². The highest BCUT2D eigenvalue weighted by molar-refractivity contribution is 7.10. The Bertz CT molecular complexity index is 728. The fourth-order valence-corrected chi connectivity index (χ4v) is 2.53. The van der Waals surface area contributed by atoms with Crippen LogP contribution in [0.1, 0.15) is 40.0 Å². The molecule has 0 aliphatic heterocycles. The number of Topliss-reactive ketones (excluding diaryl/α,β-unsaturated/α-hetero) is 1. The van der Waals surface area contributed by atoms with Gasteiger partial charge in [-0.2, -0.15) is 0 Å². The van der Waals surface area contributed by atoms with Crippen molar-refractivity contribution < 1.29 is 9.59 Å². The summed E-state index contributed by atoms with van der Waals surface area (Å²) in [7, 11) is 0. The van der Waals surface area contributed by atoms with E-state index in [0.29, 0.717) is 30.1 Å². The van der Waals surface area contributed by atoms with Gasteiger partial charge in [-0.15, -0.1) is 17.8 Å². The summed E-state index contributed by atoms with van der Waals surface area (Å²) in [6.07, 6.45) is 6.49. The van der Waals surface area contributed by atoms with Gasteiger partial charge in [-0.3, -0.25) is 4.79 Å². The SMILES string of the molecule is C#Cc1nc(C(=O)NCc2cccc(CCC(C)=O)c2)cs1. The van der Waals surface area contributed by atoms with Crippen molar-refractivity contribution in [2.75, 3.05) is 0 Å². The van der Waals surface area contributed by atoms with Crippen molar-refractivity contribution in [3.63, 3.8) is 0 Å². The molecule has 2 rings (SSSR count). The van der Waals surface area contributed by atoms with Gasteiger partial charge in [-0.25, -0.2) is 4.98 Å². The number of aromatic nitrogens is 1. The second-order valence-electron chi connectivity index (χ2n) is 4.89. The zero-order valence-electron chi connectivity index (χ0n) is 12.3. The Morgan fingerprint density at radius 2 is 2.14 bits per heavy atom. The predicted octanol–water partition coefficient (Wildman–Crippen LogP) is 2.58. The predicted molar refractivity (Wildman–Crippen MR) is 86.7 cm³/mol. The van der Waals surface area contributed by atoms with E-state index in [-0.39, 0.29) is 11.7 Å². The largest absolute Gasteiger partial charge is 0.347 e. The molecule has 1 heterocycles. The molecule has 112 valence electrons. The quantitative estimate of drug-likeness (QED) is 0.834. The second kappa shape index (κ2) is 7.53. The minimum atomic E-state index is -0.244. The van der Waals surface area contributed by atoms with Crippen molar-refractivity contribution in [2.24, 2.45) is 0 Å². The van der Waals surface area contributed by atoms with Crippen LogP contribution in [0, 0.1) is 12.3 Å². The van der Waals surface area contributed by atoms with Gasteiger partial charge in [0.15, 0.2) is 5.01 Å². The number of ketones is 1. The van der Waals surface area contributed by atoms with Crippen molar-refractivity contribution in [1.29, 1.82) is 0 Å². The number of aryl methyl sites for hydroxylation is 1. The summed E-state index contributed by atoms with van der Waals surface area (Å²) in [5.41, 5.74) is 2.41. The highest BCUT2D eigenvalue weighted by Gasteiger charge is 2.09. The number of hydrogen-bond acceptors (Lipinski definition) is 4. The fourth-order valence-electron chi connectivity index (χ4n) is 1.93. The number of nitrogens with zero attached hydrogens (tertiary/aromatic N) is 1. The Morgan fingerprint density at radius 1 is 1.36 bits per heavy atom. The van der Waals surface area contributed by atoms with Crippen molar-refractivity contribution in [2.45, 2.75) is 26.3 Å². The fraction of sp³-hybridized carbons (Fsp3) is 0.235. The maximum atomic E-state index is 12.0. The van der Waals surface area contributed by atoms with Gasteiger partial charge in [-0.05, 0) is 30.4 Å². The number of carbonyl (C=O) groups is 2. The van der Waals surface area contributed by atoms with E-state index >= 15 is 0 Å². The summed E-state index contributed by atoms with van der Waals surface area (Å²) in [4.78, 5) is 27.0. The molecule has 1 amide bonds. The minimum Gasteiger partial charge on any atom is -0.347 e. The average molecular weight is 312 g/mol. The van der Waals surface area contributed by atoms with Crippen molar-refractivity contribution in [1.82, 2.24) is 10.3 Å². The maximum Gasteiger partial charge on any atom is 0.271 e. The topological polar surface area (TPSA) is 59.1 Å². The van der Waals surface area contributed by atoms with E-state index in [4.69, 9.17) is 6.42 Å². The third kappa shape index (κ3) is 4.54. The van der Waals surface area contributed by atoms with E-state index in [1.54, 1.807) is 12.3 Å². The standard InChI is InChI=1S/C17H16N2O2S/c1-3-16-19-15(11-22-16)17(21)18-10-14-6-4-5-13(9-14)8-7-12(2)20/h1,4-6,9,11H,7-8,10H2,2H3,(H,18,21). The molecule has 0 radical (unpaired) electrons. The summed E-state index contributed by atoms with van der Waals surface area (Å²) >= 11 is 1.27. The molecule has 0 fully saturated rings. The molecule has 0 aliphatic carbocycles. The Labute approximate surface area is 133 Å². The van der Waals surface area contributed by atoms with Crippen LogP contribution < -0.4 is 5.32 Å². The van der Waals surface area contributed by atoms with Crippen LogP contribution >= 0.6 is 11.3 Å². The van der Waals surface area contributed by atoms with E-state index < -0.39 is 0 Å². The highest BCUT2D eigenvalue weighted by Crippen LogP contribution is 2.10. The van der Waals surface area contributed by atoms with Gasteiger partial charge < -0.3 is 10.1 Å². The molecular formula is C17H16N2O2S. The summed E-state index contributed by atoms with van der Waals surface area (Å²) < 4.78 is 0. The number of thiazole rings is 1. The zero-order chi connectivity index (χ0) is 15.9. The van der Waals surface area contributed by atoms with Crippen LogP contribution in [-0.4, -0.2) is 16.7 Å². The van der Waals surface area contributed by atoms with Crippen LogP contribution in [0.25, 0.3) is 0 Å². The first-order chi connectivity index (χ1) is 10.6. The zero-order valence-corrected chi connectivity index (χ0v) is 13.1. The highest BCUT2D eigenvalue weighted by atomic mass is 32.1. The number of amides is 1. The number of nitrogens with one attached hydrogen (secondary N) is 1. The summed E-state index contributed by atoms with van der Waals surface area (Å²) in [5, 5.41) is 4.96. The lowest BCUT2D eigenvalue weighted by atomic mass is 10.1. The first kappa shape index (κ1) is 15.9. The normalized spacial score (nSPS) is 10.0. The summed E-state index contributed by atoms with van der Waals surface area (Å²) in [5.74, 6) is 2.34. The third-order valence-electron chi connectivity index (χ3n) is 3.07. The van der Waals surface area contributed by atoms with Crippen LogP contribution in [0.15, 0.2) is 29.6 Å². The molecule has 1 aromatic carbocycles. The number of benzene rings is 1. The first-order valence-electron chi connectivity index (χ1n) is 6.86. The molecule has 0 unspecified atom stereocenters. The van der Waals surface area contributed by atoms with E-state index in [9.17, 15) is 9.59 Å². The van der Waals surface area contributed by atoms with Gasteiger partial charge in [0.2, 0.25) is 0 Å². The molecule has 0 atom stereocenters. The lowest BCUT2D eigenvalue weighted by Gasteiger charge is -2.06. The maximum absolute atomic E-state index is 12.0. The van der Waals surface area contributed by atoms with Crippen molar-refractivity contribution in [3.8, 4) is 12.3 Å². The second-order valence-corrected chi connectivity index (χ2v) is 5.74. The van der Waals surface area contributed by atoms with Gasteiger partial charge in [-0.1, -0.05) is 24.3 Å². The monoisotopic (exact) mass is 312 g/mol. The molecular weight excluding hydrogens is 296 g/mol. The van der Waals surface area contributed by atoms with Crippen LogP contribution in [0.5, 0.6) is 0 Å². The van der Waals surface area contributed by atoms with Crippen LogP contribution in [-0.2, 0) is 17.8 Å². The Kier molecular flexibility index (Phi) is 5.45. The molecule has 0 aliphatic rings. The molecule has 22 heavy (non-hydrogen) atoms. The lowest BCUT2D eigenvalue weighted by Crippen LogP contribution is -2.23. The molecule has 1 aromatic heterocycles. The summed E-state index contributed by atoms with van der Waals surface area (Å²) in [6, 6.07) is 7.84. The van der Waals surface area contributed by atoms with E-state index in [1.807, 2.05) is 24.3 Å². The third-order valence-corrected chi connectivity index (χ3v) is 3.84. The molecule has 0 bridgehead atoms. The molecule has 0 saturated carbocycles.